The van der Waals surface area contributed by atoms with Crippen LogP contribution in [0.15, 0.2) is 0 Å². The minimum atomic E-state index is -0.533. The predicted molar refractivity (Wildman–Crippen MR) is 53.6 cm³/mol. The van der Waals surface area contributed by atoms with Crippen molar-refractivity contribution >= 4 is 5.97 Å². The molecule has 0 bridgehead atoms. The molecule has 0 aromatic rings. The lowest BCUT2D eigenvalue weighted by Crippen LogP contribution is -2.48. The fourth-order valence-corrected chi connectivity index (χ4v) is 0.825. The summed E-state index contributed by atoms with van der Waals surface area (Å²) in [5.41, 5.74) is -0.533. The summed E-state index contributed by atoms with van der Waals surface area (Å²) in [6.07, 6.45) is 0.737. The molecule has 1 unspecified atom stereocenters. The van der Waals surface area contributed by atoms with Crippen molar-refractivity contribution in [1.82, 2.24) is 5.32 Å². The lowest BCUT2D eigenvalue weighted by Gasteiger charge is -2.25. The van der Waals surface area contributed by atoms with Crippen molar-refractivity contribution in [3.05, 3.63) is 0 Å². The number of carbonyl (C=O) groups is 1. The zero-order chi connectivity index (χ0) is 10.5. The highest BCUT2D eigenvalue weighted by Crippen LogP contribution is 2.11. The number of likely N-dealkylation sites (N-methyl/N-ethyl adjacent to an activating group) is 1. The molecular weight excluding hydrogens is 166 g/mol. The maximum absolute atomic E-state index is 11.5. The second-order valence-corrected chi connectivity index (χ2v) is 3.93. The number of ether oxygens (including phenoxy) is 1. The number of esters is 1. The van der Waals surface area contributed by atoms with Crippen LogP contribution in [0.3, 0.4) is 0 Å². The molecule has 0 fully saturated rings. The van der Waals surface area contributed by atoms with Crippen molar-refractivity contribution < 1.29 is 9.53 Å². The van der Waals surface area contributed by atoms with Gasteiger partial charge in [-0.3, -0.25) is 4.79 Å². The van der Waals surface area contributed by atoms with E-state index in [4.69, 9.17) is 4.74 Å². The van der Waals surface area contributed by atoms with E-state index in [9.17, 15) is 4.79 Å². The molecular formula is C10H21NO2. The highest BCUT2D eigenvalue weighted by atomic mass is 16.5. The van der Waals surface area contributed by atoms with E-state index in [0.29, 0.717) is 12.5 Å². The van der Waals surface area contributed by atoms with Crippen LogP contribution in [0.4, 0.5) is 0 Å². The first-order valence-corrected chi connectivity index (χ1v) is 4.82. The summed E-state index contributed by atoms with van der Waals surface area (Å²) in [4.78, 5) is 11.5. The molecule has 0 heterocycles. The van der Waals surface area contributed by atoms with Crippen LogP contribution in [0.1, 0.15) is 34.1 Å². The van der Waals surface area contributed by atoms with Crippen LogP contribution < -0.4 is 5.32 Å². The third kappa shape index (κ3) is 3.77. The largest absolute Gasteiger partial charge is 0.464 e. The highest BCUT2D eigenvalue weighted by molar-refractivity contribution is 5.80. The second-order valence-electron chi connectivity index (χ2n) is 3.93. The third-order valence-electron chi connectivity index (χ3n) is 2.26. The molecule has 13 heavy (non-hydrogen) atoms. The molecule has 0 radical (unpaired) electrons. The average molecular weight is 187 g/mol. The Labute approximate surface area is 80.8 Å². The van der Waals surface area contributed by atoms with E-state index in [-0.39, 0.29) is 5.97 Å². The number of hydrogen-bond acceptors (Lipinski definition) is 3. The molecule has 0 rings (SSSR count). The van der Waals surface area contributed by atoms with E-state index in [1.165, 1.54) is 0 Å². The van der Waals surface area contributed by atoms with Crippen LogP contribution in [0, 0.1) is 5.92 Å². The number of carbonyl (C=O) groups excluding carboxylic acids is 1. The third-order valence-corrected chi connectivity index (χ3v) is 2.26. The van der Waals surface area contributed by atoms with Gasteiger partial charge in [-0.25, -0.2) is 0 Å². The molecule has 3 heteroatoms. The van der Waals surface area contributed by atoms with Crippen LogP contribution in [0.2, 0.25) is 0 Å². The summed E-state index contributed by atoms with van der Waals surface area (Å²) in [7, 11) is 1.78. The molecule has 0 aromatic carbocycles. The van der Waals surface area contributed by atoms with Crippen LogP contribution >= 0.6 is 0 Å². The van der Waals surface area contributed by atoms with Crippen LogP contribution in [-0.2, 0) is 9.53 Å². The van der Waals surface area contributed by atoms with Gasteiger partial charge in [0.1, 0.15) is 5.54 Å². The van der Waals surface area contributed by atoms with Gasteiger partial charge in [-0.1, -0.05) is 20.8 Å². The molecule has 0 aliphatic rings. The maximum Gasteiger partial charge on any atom is 0.326 e. The van der Waals surface area contributed by atoms with Crippen LogP contribution in [0.25, 0.3) is 0 Å². The van der Waals surface area contributed by atoms with E-state index < -0.39 is 5.54 Å². The Balaban J connectivity index is 4.07. The molecule has 0 aromatic heterocycles. The van der Waals surface area contributed by atoms with Gasteiger partial charge in [0, 0.05) is 0 Å². The Bertz CT molecular complexity index is 162. The Morgan fingerprint density at radius 2 is 2.08 bits per heavy atom. The maximum atomic E-state index is 11.5. The monoisotopic (exact) mass is 187 g/mol. The zero-order valence-electron chi connectivity index (χ0n) is 9.31. The van der Waals surface area contributed by atoms with Crippen molar-refractivity contribution in [2.45, 2.75) is 39.7 Å². The van der Waals surface area contributed by atoms with Crippen molar-refractivity contribution in [2.75, 3.05) is 13.7 Å². The van der Waals surface area contributed by atoms with E-state index in [1.807, 2.05) is 27.7 Å². The quantitative estimate of drug-likeness (QED) is 0.664. The summed E-state index contributed by atoms with van der Waals surface area (Å²) in [5.74, 6) is 0.230. The van der Waals surface area contributed by atoms with Crippen LogP contribution in [0.5, 0.6) is 0 Å². The minimum Gasteiger partial charge on any atom is -0.464 e. The van der Waals surface area contributed by atoms with E-state index in [0.717, 1.165) is 6.42 Å². The summed E-state index contributed by atoms with van der Waals surface area (Å²) >= 11 is 0. The van der Waals surface area contributed by atoms with Gasteiger partial charge < -0.3 is 10.1 Å². The van der Waals surface area contributed by atoms with Gasteiger partial charge in [0.25, 0.3) is 0 Å². The first-order chi connectivity index (χ1) is 5.96. The van der Waals surface area contributed by atoms with Gasteiger partial charge >= 0.3 is 5.97 Å². The fraction of sp³-hybridized carbons (Fsp3) is 0.900. The first-order valence-electron chi connectivity index (χ1n) is 4.82. The van der Waals surface area contributed by atoms with E-state index >= 15 is 0 Å². The van der Waals surface area contributed by atoms with Crippen molar-refractivity contribution in [3.63, 3.8) is 0 Å². The minimum absolute atomic E-state index is 0.161. The van der Waals surface area contributed by atoms with Crippen LogP contribution in [-0.4, -0.2) is 25.2 Å². The standard InChI is InChI=1S/C10H21NO2/c1-6-10(4,11-5)9(12)13-7-8(2)3/h8,11H,6-7H2,1-5H3. The van der Waals surface area contributed by atoms with Gasteiger partial charge in [0.2, 0.25) is 0 Å². The Kier molecular flexibility index (Phi) is 4.99. The number of hydrogen-bond donors (Lipinski definition) is 1. The average Bonchev–Trinajstić information content (AvgIpc) is 2.12. The number of rotatable bonds is 5. The topological polar surface area (TPSA) is 38.3 Å². The Morgan fingerprint density at radius 1 is 1.54 bits per heavy atom. The van der Waals surface area contributed by atoms with Crippen molar-refractivity contribution in [3.8, 4) is 0 Å². The molecule has 0 spiro atoms. The number of nitrogens with one attached hydrogen (secondary N) is 1. The lowest BCUT2D eigenvalue weighted by molar-refractivity contribution is -0.152. The van der Waals surface area contributed by atoms with Gasteiger partial charge in [-0.05, 0) is 26.3 Å². The summed E-state index contributed by atoms with van der Waals surface area (Å²) in [6.45, 7) is 8.37. The summed E-state index contributed by atoms with van der Waals surface area (Å²) in [6, 6.07) is 0. The van der Waals surface area contributed by atoms with E-state index in [2.05, 4.69) is 5.32 Å². The van der Waals surface area contributed by atoms with Crippen molar-refractivity contribution in [2.24, 2.45) is 5.92 Å². The first kappa shape index (κ1) is 12.4. The molecule has 0 saturated carbocycles. The smallest absolute Gasteiger partial charge is 0.326 e. The normalized spacial score (nSPS) is 15.5. The SMILES string of the molecule is CCC(C)(NC)C(=O)OCC(C)C. The Hall–Kier alpha value is -0.570. The summed E-state index contributed by atoms with van der Waals surface area (Å²) in [5, 5.41) is 2.98. The molecule has 0 amide bonds. The molecule has 0 aliphatic heterocycles. The lowest BCUT2D eigenvalue weighted by atomic mass is 10.00. The van der Waals surface area contributed by atoms with Gasteiger partial charge in [-0.2, -0.15) is 0 Å². The molecule has 1 N–H and O–H groups in total. The predicted octanol–water partition coefficient (Wildman–Crippen LogP) is 1.57. The van der Waals surface area contributed by atoms with Crippen molar-refractivity contribution in [1.29, 1.82) is 0 Å². The van der Waals surface area contributed by atoms with Gasteiger partial charge in [0.15, 0.2) is 0 Å². The molecule has 0 aliphatic carbocycles. The summed E-state index contributed by atoms with van der Waals surface area (Å²) < 4.78 is 5.15. The Morgan fingerprint density at radius 3 is 2.38 bits per heavy atom. The van der Waals surface area contributed by atoms with Gasteiger partial charge in [-0.15, -0.1) is 0 Å². The molecule has 1 atom stereocenters. The van der Waals surface area contributed by atoms with Gasteiger partial charge in [0.05, 0.1) is 6.61 Å². The fourth-order valence-electron chi connectivity index (χ4n) is 0.825. The second kappa shape index (κ2) is 5.22. The molecule has 3 nitrogen and oxygen atoms in total. The highest BCUT2D eigenvalue weighted by Gasteiger charge is 2.30. The zero-order valence-corrected chi connectivity index (χ0v) is 9.31. The molecule has 0 saturated heterocycles. The molecule has 78 valence electrons. The van der Waals surface area contributed by atoms with E-state index in [1.54, 1.807) is 7.05 Å².